The van der Waals surface area contributed by atoms with Crippen molar-refractivity contribution in [3.63, 3.8) is 0 Å². The topological polar surface area (TPSA) is 97.3 Å². The van der Waals surface area contributed by atoms with Crippen molar-refractivity contribution in [3.05, 3.63) is 42.5 Å². The average molecular weight is 287 g/mol. The van der Waals surface area contributed by atoms with Crippen LogP contribution < -0.4 is 5.73 Å². The molecule has 2 heterocycles. The first kappa shape index (κ1) is 13.7. The lowest BCUT2D eigenvalue weighted by molar-refractivity contribution is -0.142. The van der Waals surface area contributed by atoms with E-state index in [2.05, 4.69) is 15.0 Å². The molecule has 1 aromatic heterocycles. The number of benzene rings is 1. The zero-order chi connectivity index (χ0) is 14.9. The van der Waals surface area contributed by atoms with Crippen LogP contribution in [0.2, 0.25) is 0 Å². The highest BCUT2D eigenvalue weighted by atomic mass is 16.4. The van der Waals surface area contributed by atoms with Gasteiger partial charge in [-0.05, 0) is 24.1 Å². The summed E-state index contributed by atoms with van der Waals surface area (Å²) in [5.74, 6) is -0.925. The highest BCUT2D eigenvalue weighted by molar-refractivity contribution is 5.79. The molecule has 3 N–H and O–H groups in total. The molecule has 1 fully saturated rings. The molecule has 21 heavy (non-hydrogen) atoms. The van der Waals surface area contributed by atoms with Crippen LogP contribution in [0.1, 0.15) is 12.0 Å². The summed E-state index contributed by atoms with van der Waals surface area (Å²) < 4.78 is 1.69. The van der Waals surface area contributed by atoms with Gasteiger partial charge in [-0.15, -0.1) is 0 Å². The number of carboxylic acids is 1. The van der Waals surface area contributed by atoms with E-state index in [4.69, 9.17) is 10.8 Å². The van der Waals surface area contributed by atoms with Crippen LogP contribution in [0.15, 0.2) is 36.9 Å². The van der Waals surface area contributed by atoms with Crippen LogP contribution in [-0.2, 0) is 11.3 Å². The van der Waals surface area contributed by atoms with E-state index in [9.17, 15) is 4.79 Å². The molecule has 1 saturated heterocycles. The van der Waals surface area contributed by atoms with E-state index in [-0.39, 0.29) is 0 Å². The van der Waals surface area contributed by atoms with E-state index in [1.807, 2.05) is 24.3 Å². The molecular weight excluding hydrogens is 270 g/mol. The number of carbonyl (C=O) groups is 1. The number of hydrogen-bond acceptors (Lipinski definition) is 5. The molecule has 1 atom stereocenters. The Morgan fingerprint density at radius 2 is 2.14 bits per heavy atom. The van der Waals surface area contributed by atoms with Gasteiger partial charge in [0, 0.05) is 19.6 Å². The largest absolute Gasteiger partial charge is 0.480 e. The number of hydrogen-bond donors (Lipinski definition) is 2. The second-order valence-corrected chi connectivity index (χ2v) is 5.43. The molecule has 0 saturated carbocycles. The van der Waals surface area contributed by atoms with Crippen molar-refractivity contribution in [2.75, 3.05) is 13.1 Å². The molecule has 1 aliphatic heterocycles. The lowest BCUT2D eigenvalue weighted by atomic mass is 10.0. The normalized spacial score (nSPS) is 22.5. The second kappa shape index (κ2) is 5.27. The van der Waals surface area contributed by atoms with Gasteiger partial charge in [0.1, 0.15) is 18.2 Å². The molecule has 0 aliphatic carbocycles. The van der Waals surface area contributed by atoms with Crippen molar-refractivity contribution >= 4 is 5.97 Å². The Hall–Kier alpha value is -2.25. The minimum atomic E-state index is -1.11. The third-order valence-electron chi connectivity index (χ3n) is 3.83. The predicted octanol–water partition coefficient (Wildman–Crippen LogP) is 0.255. The molecule has 3 rings (SSSR count). The van der Waals surface area contributed by atoms with Crippen LogP contribution in [0.25, 0.3) is 5.69 Å². The number of nitrogens with two attached hydrogens (primary N) is 1. The molecular formula is C14H17N5O2. The maximum absolute atomic E-state index is 11.1. The van der Waals surface area contributed by atoms with Crippen molar-refractivity contribution in [3.8, 4) is 5.69 Å². The van der Waals surface area contributed by atoms with Gasteiger partial charge in [0.25, 0.3) is 0 Å². The third-order valence-corrected chi connectivity index (χ3v) is 3.83. The summed E-state index contributed by atoms with van der Waals surface area (Å²) in [5.41, 5.74) is 6.82. The molecule has 0 amide bonds. The van der Waals surface area contributed by atoms with Crippen molar-refractivity contribution in [1.82, 2.24) is 19.7 Å². The second-order valence-electron chi connectivity index (χ2n) is 5.43. The summed E-state index contributed by atoms with van der Waals surface area (Å²) in [7, 11) is 0. The fourth-order valence-electron chi connectivity index (χ4n) is 2.58. The van der Waals surface area contributed by atoms with Crippen molar-refractivity contribution in [1.29, 1.82) is 0 Å². The van der Waals surface area contributed by atoms with Gasteiger partial charge in [-0.3, -0.25) is 9.69 Å². The third kappa shape index (κ3) is 2.79. The minimum Gasteiger partial charge on any atom is -0.480 e. The monoisotopic (exact) mass is 287 g/mol. The standard InChI is InChI=1S/C14H17N5O2/c15-14(13(20)21)5-6-18(8-14)7-11-1-3-12(4-2-11)19-10-16-9-17-19/h1-4,9-10H,5-8,15H2,(H,20,21)/t14-/m1/s1. The number of aromatic nitrogens is 3. The van der Waals surface area contributed by atoms with E-state index < -0.39 is 11.5 Å². The first-order valence-corrected chi connectivity index (χ1v) is 6.75. The maximum atomic E-state index is 11.1. The van der Waals surface area contributed by atoms with Crippen molar-refractivity contribution in [2.24, 2.45) is 5.73 Å². The average Bonchev–Trinajstić information content (AvgIpc) is 3.11. The summed E-state index contributed by atoms with van der Waals surface area (Å²) in [6, 6.07) is 7.95. The van der Waals surface area contributed by atoms with E-state index in [1.165, 1.54) is 6.33 Å². The van der Waals surface area contributed by atoms with Crippen LogP contribution in [0.3, 0.4) is 0 Å². The van der Waals surface area contributed by atoms with E-state index in [0.29, 0.717) is 26.1 Å². The molecule has 0 radical (unpaired) electrons. The maximum Gasteiger partial charge on any atom is 0.325 e. The Bertz CT molecular complexity index is 625. The van der Waals surface area contributed by atoms with Crippen LogP contribution in [-0.4, -0.2) is 49.4 Å². The number of aliphatic carboxylic acids is 1. The van der Waals surface area contributed by atoms with Gasteiger partial charge in [-0.2, -0.15) is 5.10 Å². The smallest absolute Gasteiger partial charge is 0.325 e. The number of nitrogens with zero attached hydrogens (tertiary/aromatic N) is 4. The van der Waals surface area contributed by atoms with E-state index in [1.54, 1.807) is 11.0 Å². The summed E-state index contributed by atoms with van der Waals surface area (Å²) >= 11 is 0. The number of rotatable bonds is 4. The van der Waals surface area contributed by atoms with Gasteiger partial charge in [0.2, 0.25) is 0 Å². The Morgan fingerprint density at radius 3 is 2.71 bits per heavy atom. The number of likely N-dealkylation sites (tertiary alicyclic amines) is 1. The van der Waals surface area contributed by atoms with Gasteiger partial charge in [0.15, 0.2) is 0 Å². The molecule has 110 valence electrons. The van der Waals surface area contributed by atoms with Gasteiger partial charge >= 0.3 is 5.97 Å². The zero-order valence-corrected chi connectivity index (χ0v) is 11.5. The first-order valence-electron chi connectivity index (χ1n) is 6.75. The molecule has 0 unspecified atom stereocenters. The molecule has 1 aromatic carbocycles. The van der Waals surface area contributed by atoms with Crippen LogP contribution in [0.4, 0.5) is 0 Å². The highest BCUT2D eigenvalue weighted by Crippen LogP contribution is 2.21. The van der Waals surface area contributed by atoms with E-state index in [0.717, 1.165) is 11.3 Å². The molecule has 7 heteroatoms. The Labute approximate surface area is 122 Å². The fourth-order valence-corrected chi connectivity index (χ4v) is 2.58. The Balaban J connectivity index is 1.65. The predicted molar refractivity (Wildman–Crippen MR) is 75.8 cm³/mol. The van der Waals surface area contributed by atoms with Gasteiger partial charge < -0.3 is 10.8 Å². The van der Waals surface area contributed by atoms with Crippen LogP contribution >= 0.6 is 0 Å². The highest BCUT2D eigenvalue weighted by Gasteiger charge is 2.40. The molecule has 0 spiro atoms. The summed E-state index contributed by atoms with van der Waals surface area (Å²) in [5, 5.41) is 13.2. The molecule has 0 bridgehead atoms. The Morgan fingerprint density at radius 1 is 1.38 bits per heavy atom. The van der Waals surface area contributed by atoms with Gasteiger partial charge in [-0.25, -0.2) is 9.67 Å². The SMILES string of the molecule is N[C@]1(C(=O)O)CCN(Cc2ccc(-n3cncn3)cc2)C1. The quantitative estimate of drug-likeness (QED) is 0.837. The number of carboxylic acid groups (broad SMARTS) is 1. The summed E-state index contributed by atoms with van der Waals surface area (Å²) in [6.45, 7) is 1.78. The van der Waals surface area contributed by atoms with Crippen LogP contribution in [0.5, 0.6) is 0 Å². The first-order chi connectivity index (χ1) is 10.1. The van der Waals surface area contributed by atoms with Crippen LogP contribution in [0, 0.1) is 0 Å². The van der Waals surface area contributed by atoms with Crippen molar-refractivity contribution < 1.29 is 9.90 Å². The van der Waals surface area contributed by atoms with Crippen molar-refractivity contribution in [2.45, 2.75) is 18.5 Å². The Kier molecular flexibility index (Phi) is 3.44. The van der Waals surface area contributed by atoms with Gasteiger partial charge in [-0.1, -0.05) is 12.1 Å². The molecule has 1 aliphatic rings. The summed E-state index contributed by atoms with van der Waals surface area (Å²) in [6.07, 6.45) is 3.62. The zero-order valence-electron chi connectivity index (χ0n) is 11.5. The minimum absolute atomic E-state index is 0.382. The van der Waals surface area contributed by atoms with Gasteiger partial charge in [0.05, 0.1) is 5.69 Å². The summed E-state index contributed by atoms with van der Waals surface area (Å²) in [4.78, 5) is 17.1. The molecule has 2 aromatic rings. The molecule has 7 nitrogen and oxygen atoms in total. The lowest BCUT2D eigenvalue weighted by Crippen LogP contribution is -2.50. The lowest BCUT2D eigenvalue weighted by Gasteiger charge is -2.20. The fraction of sp³-hybridized carbons (Fsp3) is 0.357. The van der Waals surface area contributed by atoms with E-state index >= 15 is 0 Å².